The van der Waals surface area contributed by atoms with Crippen molar-refractivity contribution in [2.24, 2.45) is 0 Å². The third-order valence-electron chi connectivity index (χ3n) is 2.08. The van der Waals surface area contributed by atoms with Crippen molar-refractivity contribution in [1.29, 1.82) is 0 Å². The zero-order valence-electron chi connectivity index (χ0n) is 10.3. The van der Waals surface area contributed by atoms with Crippen LogP contribution < -0.4 is 0 Å². The summed E-state index contributed by atoms with van der Waals surface area (Å²) in [6, 6.07) is 0. The summed E-state index contributed by atoms with van der Waals surface area (Å²) in [7, 11) is -8.90. The molecule has 0 spiro atoms. The molecule has 0 aliphatic rings. The largest absolute Gasteiger partial charge is 0.394 e. The Bertz CT molecular complexity index is 267. The summed E-state index contributed by atoms with van der Waals surface area (Å²) >= 11 is 0. The Balaban J connectivity index is 5.04. The highest BCUT2D eigenvalue weighted by atomic mass is 31.2. The highest BCUT2D eigenvalue weighted by Crippen LogP contribution is 2.37. The predicted octanol–water partition coefficient (Wildman–Crippen LogP) is -2.88. The van der Waals surface area contributed by atoms with Gasteiger partial charge in [0.15, 0.2) is 0 Å². The van der Waals surface area contributed by atoms with Crippen LogP contribution in [0.3, 0.4) is 0 Å². The summed E-state index contributed by atoms with van der Waals surface area (Å²) in [5.74, 6) is 0. The first-order valence-electron chi connectivity index (χ1n) is 5.16. The SMILES string of the molecule is OC[C@@H](O)[C@@H](O)[C@H](OP(O)O)[C@H](COP(O)O)OP(O)O. The van der Waals surface area contributed by atoms with Crippen LogP contribution >= 0.6 is 25.8 Å². The third kappa shape index (κ3) is 9.52. The molecular weight excluding hydrogens is 357 g/mol. The Kier molecular flexibility index (Phi) is 11.8. The van der Waals surface area contributed by atoms with Gasteiger partial charge in [-0.2, -0.15) is 0 Å². The Labute approximate surface area is 122 Å². The number of aliphatic hydroxyl groups excluding tert-OH is 3. The van der Waals surface area contributed by atoms with Gasteiger partial charge in [-0.15, -0.1) is 0 Å². The van der Waals surface area contributed by atoms with Crippen LogP contribution in [0.2, 0.25) is 0 Å². The molecule has 9 N–H and O–H groups in total. The van der Waals surface area contributed by atoms with Crippen molar-refractivity contribution in [1.82, 2.24) is 0 Å². The molecule has 0 aliphatic heterocycles. The molecule has 21 heavy (non-hydrogen) atoms. The van der Waals surface area contributed by atoms with Crippen molar-refractivity contribution in [3.63, 3.8) is 0 Å². The normalized spacial score (nSPS) is 18.3. The van der Waals surface area contributed by atoms with Gasteiger partial charge in [0.05, 0.1) is 13.2 Å². The molecule has 128 valence electrons. The highest BCUT2D eigenvalue weighted by molar-refractivity contribution is 7.40. The topological polar surface area (TPSA) is 210 Å². The lowest BCUT2D eigenvalue weighted by Gasteiger charge is -2.32. The van der Waals surface area contributed by atoms with E-state index in [0.29, 0.717) is 0 Å². The van der Waals surface area contributed by atoms with Gasteiger partial charge < -0.3 is 58.3 Å². The number of hydrogen-bond donors (Lipinski definition) is 9. The van der Waals surface area contributed by atoms with E-state index in [4.69, 9.17) is 34.5 Å². The second-order valence-electron chi connectivity index (χ2n) is 3.51. The minimum atomic E-state index is -3.05. The van der Waals surface area contributed by atoms with Gasteiger partial charge in [-0.3, -0.25) is 0 Å². The lowest BCUT2D eigenvalue weighted by molar-refractivity contribution is -0.109. The van der Waals surface area contributed by atoms with Crippen LogP contribution in [0.1, 0.15) is 0 Å². The van der Waals surface area contributed by atoms with Crippen molar-refractivity contribution >= 4 is 25.8 Å². The van der Waals surface area contributed by atoms with Crippen molar-refractivity contribution in [3.8, 4) is 0 Å². The molecule has 0 saturated heterocycles. The third-order valence-corrected chi connectivity index (χ3v) is 3.36. The molecule has 15 heteroatoms. The fourth-order valence-corrected chi connectivity index (χ4v) is 2.41. The molecule has 0 unspecified atom stereocenters. The molecule has 0 aromatic heterocycles. The molecule has 0 aliphatic carbocycles. The molecule has 0 radical (unpaired) electrons. The first-order valence-corrected chi connectivity index (χ1v) is 8.65. The molecule has 0 bridgehead atoms. The Morgan fingerprint density at radius 2 is 1.33 bits per heavy atom. The first kappa shape index (κ1) is 21.8. The fourth-order valence-electron chi connectivity index (χ4n) is 1.23. The van der Waals surface area contributed by atoms with Gasteiger partial charge in [-0.25, -0.2) is 0 Å². The van der Waals surface area contributed by atoms with Crippen molar-refractivity contribution in [2.45, 2.75) is 24.4 Å². The van der Waals surface area contributed by atoms with E-state index < -0.39 is 63.4 Å². The second kappa shape index (κ2) is 11.4. The molecule has 0 fully saturated rings. The van der Waals surface area contributed by atoms with Crippen LogP contribution in [0.15, 0.2) is 0 Å². The minimum Gasteiger partial charge on any atom is -0.394 e. The van der Waals surface area contributed by atoms with Gasteiger partial charge >= 0.3 is 25.8 Å². The summed E-state index contributed by atoms with van der Waals surface area (Å²) in [4.78, 5) is 52.5. The Morgan fingerprint density at radius 1 is 0.810 bits per heavy atom. The Hall–Kier alpha value is 0.810. The van der Waals surface area contributed by atoms with Gasteiger partial charge in [0, 0.05) is 0 Å². The van der Waals surface area contributed by atoms with E-state index in [1.54, 1.807) is 0 Å². The minimum absolute atomic E-state index is 0.748. The van der Waals surface area contributed by atoms with Crippen molar-refractivity contribution in [2.75, 3.05) is 13.2 Å². The Morgan fingerprint density at radius 3 is 1.71 bits per heavy atom. The monoisotopic (exact) mass is 374 g/mol. The molecular formula is C6H17O12P3. The standard InChI is InChI=1S/C6H17O12P3/c7-1-3(8)5(9)6(18-21(14)15)4(17-20(12)13)2-16-19(10)11/h3-15H,1-2H2/t3-,4+,5-,6-/m1/s1. The number of hydrogen-bond acceptors (Lipinski definition) is 12. The average molecular weight is 374 g/mol. The van der Waals surface area contributed by atoms with E-state index in [0.717, 1.165) is 0 Å². The zero-order valence-corrected chi connectivity index (χ0v) is 13.0. The molecule has 12 nitrogen and oxygen atoms in total. The fraction of sp³-hybridized carbons (Fsp3) is 1.00. The summed E-state index contributed by atoms with van der Waals surface area (Å²) in [6.45, 7) is -1.66. The smallest absolute Gasteiger partial charge is 0.327 e. The van der Waals surface area contributed by atoms with Crippen molar-refractivity contribution < 1.29 is 58.3 Å². The van der Waals surface area contributed by atoms with Gasteiger partial charge in [-0.1, -0.05) is 0 Å². The maximum Gasteiger partial charge on any atom is 0.327 e. The molecule has 0 heterocycles. The van der Waals surface area contributed by atoms with Gasteiger partial charge in [-0.05, 0) is 0 Å². The zero-order chi connectivity index (χ0) is 16.6. The van der Waals surface area contributed by atoms with E-state index in [1.807, 2.05) is 0 Å². The van der Waals surface area contributed by atoms with E-state index in [9.17, 15) is 10.2 Å². The average Bonchev–Trinajstić information content (AvgIpc) is 2.38. The first-order chi connectivity index (χ1) is 9.68. The van der Waals surface area contributed by atoms with E-state index >= 15 is 0 Å². The molecule has 4 atom stereocenters. The molecule has 0 rings (SSSR count). The van der Waals surface area contributed by atoms with Crippen molar-refractivity contribution in [3.05, 3.63) is 0 Å². The van der Waals surface area contributed by atoms with Crippen LogP contribution in [0.5, 0.6) is 0 Å². The van der Waals surface area contributed by atoms with Crippen LogP contribution in [-0.4, -0.2) is 82.3 Å². The number of aliphatic hydroxyl groups is 3. The van der Waals surface area contributed by atoms with Gasteiger partial charge in [0.25, 0.3) is 0 Å². The number of rotatable bonds is 11. The quantitative estimate of drug-likeness (QED) is 0.167. The molecule has 0 amide bonds. The van der Waals surface area contributed by atoms with E-state index in [1.165, 1.54) is 0 Å². The predicted molar refractivity (Wildman–Crippen MR) is 68.9 cm³/mol. The maximum absolute atomic E-state index is 9.72. The molecule has 0 aromatic rings. The lowest BCUT2D eigenvalue weighted by Crippen LogP contribution is -2.48. The van der Waals surface area contributed by atoms with E-state index in [-0.39, 0.29) is 0 Å². The van der Waals surface area contributed by atoms with Gasteiger partial charge in [0.1, 0.15) is 24.4 Å². The highest BCUT2D eigenvalue weighted by Gasteiger charge is 2.38. The molecule has 0 saturated carbocycles. The maximum atomic E-state index is 9.72. The van der Waals surface area contributed by atoms with E-state index in [2.05, 4.69) is 13.6 Å². The van der Waals surface area contributed by atoms with Crippen LogP contribution in [0.25, 0.3) is 0 Å². The van der Waals surface area contributed by atoms with Crippen LogP contribution in [0, 0.1) is 0 Å². The summed E-state index contributed by atoms with van der Waals surface area (Å²) < 4.78 is 13.4. The molecule has 0 aromatic carbocycles. The van der Waals surface area contributed by atoms with Gasteiger partial charge in [0.2, 0.25) is 0 Å². The second-order valence-corrected chi connectivity index (χ2v) is 5.70. The van der Waals surface area contributed by atoms with Crippen LogP contribution in [-0.2, 0) is 13.6 Å². The summed E-state index contributed by atoms with van der Waals surface area (Å²) in [5, 5.41) is 27.8. The summed E-state index contributed by atoms with van der Waals surface area (Å²) in [6.07, 6.45) is -7.08. The lowest BCUT2D eigenvalue weighted by atomic mass is 10.0. The van der Waals surface area contributed by atoms with Crippen LogP contribution in [0.4, 0.5) is 0 Å². The summed E-state index contributed by atoms with van der Waals surface area (Å²) in [5.41, 5.74) is 0.